The lowest BCUT2D eigenvalue weighted by Crippen LogP contribution is -2.23. The Morgan fingerprint density at radius 2 is 2.08 bits per heavy atom. The Morgan fingerprint density at radius 1 is 1.46 bits per heavy atom. The second-order valence-corrected chi connectivity index (χ2v) is 3.68. The molecule has 0 unspecified atom stereocenters. The van der Waals surface area contributed by atoms with E-state index in [1.807, 2.05) is 19.1 Å². The van der Waals surface area contributed by atoms with Crippen molar-refractivity contribution in [1.29, 1.82) is 0 Å². The minimum Gasteiger partial charge on any atom is -0.391 e. The van der Waals surface area contributed by atoms with E-state index in [1.165, 1.54) is 0 Å². The molecule has 1 rings (SSSR count). The van der Waals surface area contributed by atoms with Crippen molar-refractivity contribution in [1.82, 2.24) is 0 Å². The van der Waals surface area contributed by atoms with Gasteiger partial charge in [0.1, 0.15) is 0 Å². The zero-order valence-corrected chi connectivity index (χ0v) is 8.55. The van der Waals surface area contributed by atoms with Gasteiger partial charge in [0.2, 0.25) is 0 Å². The van der Waals surface area contributed by atoms with E-state index < -0.39 is 6.10 Å². The van der Waals surface area contributed by atoms with Crippen LogP contribution in [-0.4, -0.2) is 11.2 Å². The fourth-order valence-corrected chi connectivity index (χ4v) is 1.28. The highest BCUT2D eigenvalue weighted by atomic mass is 35.5. The van der Waals surface area contributed by atoms with E-state index in [9.17, 15) is 5.11 Å². The first-order valence-electron chi connectivity index (χ1n) is 4.22. The van der Waals surface area contributed by atoms with Gasteiger partial charge in [0.25, 0.3) is 0 Å². The van der Waals surface area contributed by atoms with Crippen LogP contribution in [0.2, 0.25) is 5.02 Å². The van der Waals surface area contributed by atoms with Crippen molar-refractivity contribution in [3.05, 3.63) is 34.3 Å². The van der Waals surface area contributed by atoms with Crippen LogP contribution in [0.3, 0.4) is 0 Å². The van der Waals surface area contributed by atoms with E-state index >= 15 is 0 Å². The summed E-state index contributed by atoms with van der Waals surface area (Å²) in [6.07, 6.45) is -0.557. The molecule has 0 aromatic heterocycles. The molecule has 0 aliphatic rings. The summed E-state index contributed by atoms with van der Waals surface area (Å²) in [6, 6.07) is 5.23. The lowest BCUT2D eigenvalue weighted by Gasteiger charge is -2.15. The first kappa shape index (κ1) is 10.5. The minimum absolute atomic E-state index is 0.363. The fraction of sp³-hybridized carbons (Fsp3) is 0.400. The molecular weight excluding hydrogens is 186 g/mol. The van der Waals surface area contributed by atoms with Crippen LogP contribution in [-0.2, 0) is 0 Å². The Hall–Kier alpha value is -0.570. The maximum Gasteiger partial charge on any atom is 0.0704 e. The molecule has 0 saturated heterocycles. The number of aliphatic hydroxyl groups is 1. The molecule has 1 aromatic carbocycles. The molecule has 0 aliphatic carbocycles. The molecule has 0 radical (unpaired) electrons. The number of aryl methyl sites for hydroxylation is 1. The predicted octanol–water partition coefficient (Wildman–Crippen LogP) is 2.03. The van der Waals surface area contributed by atoms with Gasteiger partial charge in [0.15, 0.2) is 0 Å². The van der Waals surface area contributed by atoms with Gasteiger partial charge < -0.3 is 10.8 Å². The Balaban J connectivity index is 2.97. The quantitative estimate of drug-likeness (QED) is 0.766. The maximum atomic E-state index is 9.27. The Kier molecular flexibility index (Phi) is 3.31. The highest BCUT2D eigenvalue weighted by Gasteiger charge is 2.12. The van der Waals surface area contributed by atoms with Gasteiger partial charge in [0.05, 0.1) is 12.1 Å². The van der Waals surface area contributed by atoms with Gasteiger partial charge in [-0.3, -0.25) is 0 Å². The Bertz CT molecular complexity index is 299. The van der Waals surface area contributed by atoms with Gasteiger partial charge >= 0.3 is 0 Å². The molecule has 0 amide bonds. The Labute approximate surface area is 83.3 Å². The summed E-state index contributed by atoms with van der Waals surface area (Å²) >= 11 is 5.93. The lowest BCUT2D eigenvalue weighted by atomic mass is 10.0. The van der Waals surface area contributed by atoms with Crippen LogP contribution in [0.25, 0.3) is 0 Å². The number of hydrogen-bond donors (Lipinski definition) is 2. The van der Waals surface area contributed by atoms with E-state index in [4.69, 9.17) is 17.3 Å². The normalized spacial score (nSPS) is 15.5. The lowest BCUT2D eigenvalue weighted by molar-refractivity contribution is 0.164. The predicted molar refractivity (Wildman–Crippen MR) is 54.8 cm³/mol. The van der Waals surface area contributed by atoms with Crippen molar-refractivity contribution in [3.8, 4) is 0 Å². The highest BCUT2D eigenvalue weighted by molar-refractivity contribution is 6.31. The monoisotopic (exact) mass is 199 g/mol. The molecule has 3 heteroatoms. The number of halogens is 1. The third kappa shape index (κ3) is 2.44. The molecule has 72 valence electrons. The van der Waals surface area contributed by atoms with Crippen molar-refractivity contribution >= 4 is 11.6 Å². The van der Waals surface area contributed by atoms with Crippen LogP contribution in [0.1, 0.15) is 24.1 Å². The van der Waals surface area contributed by atoms with Gasteiger partial charge in [-0.25, -0.2) is 0 Å². The van der Waals surface area contributed by atoms with Crippen molar-refractivity contribution in [2.75, 3.05) is 0 Å². The molecule has 0 aliphatic heterocycles. The summed E-state index contributed by atoms with van der Waals surface area (Å²) in [6.45, 7) is 3.60. The maximum absolute atomic E-state index is 9.27. The standard InChI is InChI=1S/C10H14ClNO/c1-6-3-4-8(5-9(6)11)10(12)7(2)13/h3-5,7,10,13H,12H2,1-2H3/t7-,10-/m1/s1. The van der Waals surface area contributed by atoms with Gasteiger partial charge in [-0.2, -0.15) is 0 Å². The van der Waals surface area contributed by atoms with Gasteiger partial charge in [-0.15, -0.1) is 0 Å². The number of hydrogen-bond acceptors (Lipinski definition) is 2. The summed E-state index contributed by atoms with van der Waals surface area (Å²) in [4.78, 5) is 0. The van der Waals surface area contributed by atoms with Crippen LogP contribution in [0.15, 0.2) is 18.2 Å². The molecule has 2 atom stereocenters. The van der Waals surface area contributed by atoms with Gasteiger partial charge in [-0.05, 0) is 31.0 Å². The summed E-state index contributed by atoms with van der Waals surface area (Å²) in [5.74, 6) is 0. The SMILES string of the molecule is Cc1ccc([C@H](N)[C@@H](C)O)cc1Cl. The molecule has 0 fully saturated rings. The highest BCUT2D eigenvalue weighted by Crippen LogP contribution is 2.21. The van der Waals surface area contributed by atoms with Crippen LogP contribution in [0.5, 0.6) is 0 Å². The van der Waals surface area contributed by atoms with E-state index in [2.05, 4.69) is 0 Å². The molecular formula is C10H14ClNO. The van der Waals surface area contributed by atoms with E-state index in [-0.39, 0.29) is 6.04 Å². The smallest absolute Gasteiger partial charge is 0.0704 e. The van der Waals surface area contributed by atoms with Crippen LogP contribution in [0.4, 0.5) is 0 Å². The number of benzene rings is 1. The Morgan fingerprint density at radius 3 is 2.54 bits per heavy atom. The molecule has 0 saturated carbocycles. The molecule has 3 N–H and O–H groups in total. The van der Waals surface area contributed by atoms with Crippen molar-refractivity contribution in [3.63, 3.8) is 0 Å². The first-order chi connectivity index (χ1) is 6.02. The number of nitrogens with two attached hydrogens (primary N) is 1. The third-order valence-corrected chi connectivity index (χ3v) is 2.51. The summed E-state index contributed by atoms with van der Waals surface area (Å²) in [5, 5.41) is 9.95. The molecule has 0 bridgehead atoms. The topological polar surface area (TPSA) is 46.2 Å². The van der Waals surface area contributed by atoms with E-state index in [1.54, 1.807) is 13.0 Å². The number of aliphatic hydroxyl groups excluding tert-OH is 1. The van der Waals surface area contributed by atoms with Crippen molar-refractivity contribution in [2.45, 2.75) is 26.0 Å². The van der Waals surface area contributed by atoms with Crippen molar-refractivity contribution in [2.24, 2.45) is 5.73 Å². The largest absolute Gasteiger partial charge is 0.391 e. The summed E-state index contributed by atoms with van der Waals surface area (Å²) < 4.78 is 0. The zero-order chi connectivity index (χ0) is 10.0. The molecule has 13 heavy (non-hydrogen) atoms. The van der Waals surface area contributed by atoms with E-state index in [0.29, 0.717) is 5.02 Å². The van der Waals surface area contributed by atoms with E-state index in [0.717, 1.165) is 11.1 Å². The fourth-order valence-electron chi connectivity index (χ4n) is 1.09. The second kappa shape index (κ2) is 4.09. The number of rotatable bonds is 2. The minimum atomic E-state index is -0.557. The average Bonchev–Trinajstić information content (AvgIpc) is 2.08. The van der Waals surface area contributed by atoms with Gasteiger partial charge in [-0.1, -0.05) is 23.7 Å². The molecule has 0 heterocycles. The zero-order valence-electron chi connectivity index (χ0n) is 7.79. The van der Waals surface area contributed by atoms with Crippen LogP contribution in [0, 0.1) is 6.92 Å². The third-order valence-electron chi connectivity index (χ3n) is 2.10. The molecule has 2 nitrogen and oxygen atoms in total. The summed E-state index contributed by atoms with van der Waals surface area (Å²) in [5.41, 5.74) is 7.63. The second-order valence-electron chi connectivity index (χ2n) is 3.28. The molecule has 0 spiro atoms. The van der Waals surface area contributed by atoms with Crippen molar-refractivity contribution < 1.29 is 5.11 Å². The van der Waals surface area contributed by atoms with Crippen LogP contribution < -0.4 is 5.73 Å². The average molecular weight is 200 g/mol. The van der Waals surface area contributed by atoms with Gasteiger partial charge in [0, 0.05) is 5.02 Å². The van der Waals surface area contributed by atoms with Crippen LogP contribution >= 0.6 is 11.6 Å². The molecule has 1 aromatic rings. The first-order valence-corrected chi connectivity index (χ1v) is 4.60. The summed E-state index contributed by atoms with van der Waals surface area (Å²) in [7, 11) is 0.